The first-order valence-electron chi connectivity index (χ1n) is 7.40. The Morgan fingerprint density at radius 3 is 2.61 bits per heavy atom. The van der Waals surface area contributed by atoms with Gasteiger partial charge in [-0.2, -0.15) is 0 Å². The molecule has 5 heteroatoms. The van der Waals surface area contributed by atoms with Crippen LogP contribution in [0.2, 0.25) is 0 Å². The molecule has 1 heterocycles. The molecule has 0 fully saturated rings. The van der Waals surface area contributed by atoms with E-state index in [1.165, 1.54) is 12.1 Å². The van der Waals surface area contributed by atoms with Crippen molar-refractivity contribution in [3.63, 3.8) is 0 Å². The largest absolute Gasteiger partial charge is 0.379 e. The molecule has 1 atom stereocenters. The summed E-state index contributed by atoms with van der Waals surface area (Å²) < 4.78 is 12.9. The van der Waals surface area contributed by atoms with Crippen LogP contribution in [0.3, 0.4) is 0 Å². The van der Waals surface area contributed by atoms with Crippen molar-refractivity contribution in [2.45, 2.75) is 25.5 Å². The van der Waals surface area contributed by atoms with Gasteiger partial charge in [-0.25, -0.2) is 4.39 Å². The van der Waals surface area contributed by atoms with Crippen LogP contribution < -0.4 is 5.32 Å². The third-order valence-electron chi connectivity index (χ3n) is 3.82. The predicted octanol–water partition coefficient (Wildman–Crippen LogP) is 3.03. The fourth-order valence-electron chi connectivity index (χ4n) is 2.42. The third-order valence-corrected chi connectivity index (χ3v) is 3.82. The molecule has 0 aliphatic carbocycles. The fourth-order valence-corrected chi connectivity index (χ4v) is 2.42. The van der Waals surface area contributed by atoms with Gasteiger partial charge in [-0.05, 0) is 30.2 Å². The zero-order valence-corrected chi connectivity index (χ0v) is 12.8. The number of rotatable bonds is 4. The SMILES string of the molecule is CC1(C(=O)NCc2ccc(F)cc2)CC(c2ccccc2)=NO1. The van der Waals surface area contributed by atoms with Crippen LogP contribution in [0.4, 0.5) is 4.39 Å². The van der Waals surface area contributed by atoms with Crippen molar-refractivity contribution >= 4 is 11.6 Å². The molecule has 3 rings (SSSR count). The Bertz CT molecular complexity index is 728. The van der Waals surface area contributed by atoms with Crippen molar-refractivity contribution < 1.29 is 14.0 Å². The van der Waals surface area contributed by atoms with Crippen molar-refractivity contribution in [1.29, 1.82) is 0 Å². The molecule has 0 bridgehead atoms. The number of carbonyl (C=O) groups excluding carboxylic acids is 1. The van der Waals surface area contributed by atoms with E-state index in [1.807, 2.05) is 30.3 Å². The molecule has 0 saturated heterocycles. The normalized spacial score (nSPS) is 19.8. The number of nitrogens with zero attached hydrogens (tertiary/aromatic N) is 1. The van der Waals surface area contributed by atoms with Gasteiger partial charge in [0.25, 0.3) is 5.91 Å². The number of benzene rings is 2. The number of halogens is 1. The molecule has 23 heavy (non-hydrogen) atoms. The number of hydrogen-bond acceptors (Lipinski definition) is 3. The molecular weight excluding hydrogens is 295 g/mol. The summed E-state index contributed by atoms with van der Waals surface area (Å²) >= 11 is 0. The highest BCUT2D eigenvalue weighted by molar-refractivity contribution is 6.05. The lowest BCUT2D eigenvalue weighted by Gasteiger charge is -2.20. The summed E-state index contributed by atoms with van der Waals surface area (Å²) in [6.07, 6.45) is 0.409. The Hall–Kier alpha value is -2.69. The Morgan fingerprint density at radius 2 is 1.91 bits per heavy atom. The second kappa shape index (κ2) is 6.20. The van der Waals surface area contributed by atoms with Crippen LogP contribution in [0.25, 0.3) is 0 Å². The van der Waals surface area contributed by atoms with E-state index in [4.69, 9.17) is 4.84 Å². The number of nitrogens with one attached hydrogen (secondary N) is 1. The summed E-state index contributed by atoms with van der Waals surface area (Å²) in [5, 5.41) is 6.87. The van der Waals surface area contributed by atoms with Gasteiger partial charge in [-0.3, -0.25) is 4.79 Å². The minimum Gasteiger partial charge on any atom is -0.379 e. The Kier molecular flexibility index (Phi) is 4.10. The molecule has 0 saturated carbocycles. The maximum absolute atomic E-state index is 12.9. The monoisotopic (exact) mass is 312 g/mol. The lowest BCUT2D eigenvalue weighted by molar-refractivity contribution is -0.141. The van der Waals surface area contributed by atoms with Crippen LogP contribution in [0.5, 0.6) is 0 Å². The second-order valence-corrected chi connectivity index (χ2v) is 5.71. The van der Waals surface area contributed by atoms with Gasteiger partial charge in [-0.15, -0.1) is 0 Å². The highest BCUT2D eigenvalue weighted by Gasteiger charge is 2.42. The molecular formula is C18H17FN2O2. The summed E-state index contributed by atoms with van der Waals surface area (Å²) in [4.78, 5) is 17.8. The van der Waals surface area contributed by atoms with E-state index < -0.39 is 5.60 Å². The van der Waals surface area contributed by atoms with Crippen LogP contribution >= 0.6 is 0 Å². The van der Waals surface area contributed by atoms with E-state index in [0.29, 0.717) is 13.0 Å². The van der Waals surface area contributed by atoms with E-state index in [1.54, 1.807) is 19.1 Å². The van der Waals surface area contributed by atoms with Crippen molar-refractivity contribution in [1.82, 2.24) is 5.32 Å². The topological polar surface area (TPSA) is 50.7 Å². The van der Waals surface area contributed by atoms with Crippen LogP contribution in [0.1, 0.15) is 24.5 Å². The standard InChI is InChI=1S/C18H17FN2O2/c1-18(11-16(21-23-18)14-5-3-2-4-6-14)17(22)20-12-13-7-9-15(19)10-8-13/h2-10H,11-12H2,1H3,(H,20,22). The minimum atomic E-state index is -1.02. The zero-order valence-electron chi connectivity index (χ0n) is 12.8. The van der Waals surface area contributed by atoms with Gasteiger partial charge >= 0.3 is 0 Å². The summed E-state index contributed by atoms with van der Waals surface area (Å²) in [6.45, 7) is 2.03. The van der Waals surface area contributed by atoms with Gasteiger partial charge in [0.1, 0.15) is 5.82 Å². The summed E-state index contributed by atoms with van der Waals surface area (Å²) in [5.41, 5.74) is 1.50. The maximum Gasteiger partial charge on any atom is 0.267 e. The highest BCUT2D eigenvalue weighted by atomic mass is 19.1. The Balaban J connectivity index is 1.61. The van der Waals surface area contributed by atoms with Crippen LogP contribution in [-0.2, 0) is 16.2 Å². The summed E-state index contributed by atoms with van der Waals surface area (Å²) in [5.74, 6) is -0.538. The Labute approximate surface area is 134 Å². The maximum atomic E-state index is 12.9. The molecule has 1 aliphatic rings. The summed E-state index contributed by atoms with van der Waals surface area (Å²) in [7, 11) is 0. The van der Waals surface area contributed by atoms with Gasteiger partial charge in [0.2, 0.25) is 5.60 Å². The lowest BCUT2D eigenvalue weighted by atomic mass is 9.95. The average molecular weight is 312 g/mol. The predicted molar refractivity (Wildman–Crippen MR) is 85.3 cm³/mol. The van der Waals surface area contributed by atoms with Crippen molar-refractivity contribution in [3.8, 4) is 0 Å². The van der Waals surface area contributed by atoms with Gasteiger partial charge < -0.3 is 10.2 Å². The van der Waals surface area contributed by atoms with E-state index in [2.05, 4.69) is 10.5 Å². The molecule has 0 radical (unpaired) electrons. The van der Waals surface area contributed by atoms with E-state index >= 15 is 0 Å². The summed E-state index contributed by atoms with van der Waals surface area (Å²) in [6, 6.07) is 15.6. The second-order valence-electron chi connectivity index (χ2n) is 5.71. The first-order valence-corrected chi connectivity index (χ1v) is 7.40. The number of hydrogen-bond donors (Lipinski definition) is 1. The molecule has 2 aromatic carbocycles. The average Bonchev–Trinajstić information content (AvgIpc) is 2.99. The van der Waals surface area contributed by atoms with Crippen molar-refractivity contribution in [2.24, 2.45) is 5.16 Å². The molecule has 1 N–H and O–H groups in total. The van der Waals surface area contributed by atoms with E-state index in [0.717, 1.165) is 16.8 Å². The zero-order chi connectivity index (χ0) is 16.3. The molecule has 0 spiro atoms. The number of amides is 1. The molecule has 1 amide bonds. The highest BCUT2D eigenvalue weighted by Crippen LogP contribution is 2.26. The Morgan fingerprint density at radius 1 is 1.22 bits per heavy atom. The van der Waals surface area contributed by atoms with E-state index in [-0.39, 0.29) is 11.7 Å². The van der Waals surface area contributed by atoms with Crippen LogP contribution in [0, 0.1) is 5.82 Å². The van der Waals surface area contributed by atoms with Crippen LogP contribution in [0.15, 0.2) is 59.8 Å². The van der Waals surface area contributed by atoms with Crippen LogP contribution in [-0.4, -0.2) is 17.2 Å². The van der Waals surface area contributed by atoms with Crippen molar-refractivity contribution in [2.75, 3.05) is 0 Å². The first kappa shape index (κ1) is 15.2. The number of oxime groups is 1. The van der Waals surface area contributed by atoms with Gasteiger partial charge in [0.05, 0.1) is 5.71 Å². The molecule has 1 aliphatic heterocycles. The fraction of sp³-hybridized carbons (Fsp3) is 0.222. The lowest BCUT2D eigenvalue weighted by Crippen LogP contribution is -2.44. The molecule has 1 unspecified atom stereocenters. The first-order chi connectivity index (χ1) is 11.1. The molecule has 4 nitrogen and oxygen atoms in total. The molecule has 118 valence electrons. The van der Waals surface area contributed by atoms with Crippen molar-refractivity contribution in [3.05, 3.63) is 71.5 Å². The van der Waals surface area contributed by atoms with Gasteiger partial charge in [0.15, 0.2) is 0 Å². The van der Waals surface area contributed by atoms with Gasteiger partial charge in [0, 0.05) is 13.0 Å². The third kappa shape index (κ3) is 3.39. The molecule has 2 aromatic rings. The molecule has 0 aromatic heterocycles. The number of carbonyl (C=O) groups is 1. The smallest absolute Gasteiger partial charge is 0.267 e. The van der Waals surface area contributed by atoms with Gasteiger partial charge in [-0.1, -0.05) is 47.6 Å². The quantitative estimate of drug-likeness (QED) is 0.943. The van der Waals surface area contributed by atoms with E-state index in [9.17, 15) is 9.18 Å². The minimum absolute atomic E-state index is 0.239.